The van der Waals surface area contributed by atoms with E-state index in [9.17, 15) is 4.79 Å². The van der Waals surface area contributed by atoms with Crippen LogP contribution in [0.25, 0.3) is 0 Å². The van der Waals surface area contributed by atoms with E-state index < -0.39 is 5.91 Å². The molecule has 76 valence electrons. The number of amides is 1. The van der Waals surface area contributed by atoms with Crippen LogP contribution in [0.2, 0.25) is 0 Å². The molecule has 0 unspecified atom stereocenters. The summed E-state index contributed by atoms with van der Waals surface area (Å²) in [5, 5.41) is 9.61. The van der Waals surface area contributed by atoms with E-state index in [1.54, 1.807) is 6.07 Å². The highest BCUT2D eigenvalue weighted by Gasteiger charge is 2.11. The molecule has 2 heterocycles. The van der Waals surface area contributed by atoms with Crippen molar-refractivity contribution in [3.8, 4) is 0 Å². The lowest BCUT2D eigenvalue weighted by atomic mass is 10.4. The van der Waals surface area contributed by atoms with E-state index in [4.69, 9.17) is 4.42 Å². The van der Waals surface area contributed by atoms with Crippen molar-refractivity contribution in [2.24, 2.45) is 0 Å². The fraction of sp³-hybridized carbons (Fsp3) is 0. The van der Waals surface area contributed by atoms with Gasteiger partial charge in [0.2, 0.25) is 5.95 Å². The normalized spacial score (nSPS) is 9.93. The highest BCUT2D eigenvalue weighted by Crippen LogP contribution is 2.14. The number of halogens is 1. The van der Waals surface area contributed by atoms with Crippen molar-refractivity contribution in [1.82, 2.24) is 15.2 Å². The molecule has 15 heavy (non-hydrogen) atoms. The van der Waals surface area contributed by atoms with Crippen LogP contribution in [0.3, 0.4) is 0 Å². The van der Waals surface area contributed by atoms with Crippen LogP contribution in [0, 0.1) is 0 Å². The number of carbonyl (C=O) groups excluding carboxylic acids is 1. The summed E-state index contributed by atoms with van der Waals surface area (Å²) in [6.45, 7) is 0. The van der Waals surface area contributed by atoms with Crippen LogP contribution in [0.1, 0.15) is 10.6 Å². The Hall–Kier alpha value is -1.76. The molecular weight excluding hydrogens is 264 g/mol. The molecule has 7 heteroatoms. The van der Waals surface area contributed by atoms with Crippen molar-refractivity contribution in [2.75, 3.05) is 5.32 Å². The zero-order valence-electron chi connectivity index (χ0n) is 7.35. The monoisotopic (exact) mass is 268 g/mol. The van der Waals surface area contributed by atoms with Gasteiger partial charge in [0.1, 0.15) is 0 Å². The summed E-state index contributed by atoms with van der Waals surface area (Å²) >= 11 is 3.10. The molecule has 2 aromatic rings. The van der Waals surface area contributed by atoms with E-state index in [0.29, 0.717) is 4.67 Å². The van der Waals surface area contributed by atoms with E-state index in [0.717, 1.165) is 0 Å². The predicted octanol–water partition coefficient (Wildman–Crippen LogP) is 1.48. The summed E-state index contributed by atoms with van der Waals surface area (Å²) < 4.78 is 5.53. The van der Waals surface area contributed by atoms with Gasteiger partial charge >= 0.3 is 0 Å². The molecule has 0 atom stereocenters. The van der Waals surface area contributed by atoms with Gasteiger partial charge in [-0.25, -0.2) is 4.98 Å². The summed E-state index contributed by atoms with van der Waals surface area (Å²) in [6.07, 6.45) is 2.85. The molecule has 0 aliphatic heterocycles. The maximum Gasteiger partial charge on any atom is 0.293 e. The van der Waals surface area contributed by atoms with Gasteiger partial charge in [-0.2, -0.15) is 5.10 Å². The lowest BCUT2D eigenvalue weighted by molar-refractivity contribution is 0.0994. The molecule has 2 rings (SSSR count). The maximum absolute atomic E-state index is 11.5. The van der Waals surface area contributed by atoms with Crippen LogP contribution in [0.4, 0.5) is 5.95 Å². The van der Waals surface area contributed by atoms with E-state index in [1.165, 1.54) is 18.5 Å². The van der Waals surface area contributed by atoms with Crippen molar-refractivity contribution in [3.63, 3.8) is 0 Å². The first kappa shape index (κ1) is 9.78. The molecule has 0 aromatic carbocycles. The average Bonchev–Trinajstić information content (AvgIpc) is 2.66. The van der Waals surface area contributed by atoms with E-state index in [1.807, 2.05) is 0 Å². The Kier molecular flexibility index (Phi) is 2.72. The number of nitrogens with zero attached hydrogens (tertiary/aromatic N) is 3. The molecular formula is C8H5BrN4O2. The summed E-state index contributed by atoms with van der Waals surface area (Å²) in [5.41, 5.74) is 0. The van der Waals surface area contributed by atoms with Gasteiger partial charge in [0.05, 0.1) is 12.4 Å². The third-order valence-corrected chi connectivity index (χ3v) is 1.93. The molecule has 0 spiro atoms. The number of furan rings is 1. The molecule has 1 amide bonds. The summed E-state index contributed by atoms with van der Waals surface area (Å²) in [7, 11) is 0. The SMILES string of the molecule is O=C(Nc1nccnn1)c1ccc(Br)o1. The van der Waals surface area contributed by atoms with Crippen LogP contribution in [-0.2, 0) is 0 Å². The quantitative estimate of drug-likeness (QED) is 0.892. The van der Waals surface area contributed by atoms with Crippen LogP contribution >= 0.6 is 15.9 Å². The van der Waals surface area contributed by atoms with Gasteiger partial charge < -0.3 is 4.42 Å². The van der Waals surface area contributed by atoms with Gasteiger partial charge in [-0.3, -0.25) is 10.1 Å². The van der Waals surface area contributed by atoms with Crippen molar-refractivity contribution in [2.45, 2.75) is 0 Å². The van der Waals surface area contributed by atoms with Crippen LogP contribution < -0.4 is 5.32 Å². The minimum absolute atomic E-state index is 0.134. The molecule has 2 aromatic heterocycles. The minimum atomic E-state index is -0.422. The van der Waals surface area contributed by atoms with Crippen molar-refractivity contribution in [3.05, 3.63) is 35.0 Å². The predicted molar refractivity (Wildman–Crippen MR) is 54.2 cm³/mol. The van der Waals surface area contributed by atoms with E-state index in [-0.39, 0.29) is 11.7 Å². The van der Waals surface area contributed by atoms with Gasteiger partial charge in [0, 0.05) is 0 Å². The van der Waals surface area contributed by atoms with Crippen LogP contribution in [0.5, 0.6) is 0 Å². The Morgan fingerprint density at radius 1 is 1.40 bits per heavy atom. The molecule has 0 bridgehead atoms. The van der Waals surface area contributed by atoms with Crippen molar-refractivity contribution >= 4 is 27.8 Å². The lowest BCUT2D eigenvalue weighted by Gasteiger charge is -1.98. The largest absolute Gasteiger partial charge is 0.444 e. The maximum atomic E-state index is 11.5. The first-order valence-corrected chi connectivity index (χ1v) is 4.75. The number of aromatic nitrogens is 3. The van der Waals surface area contributed by atoms with Gasteiger partial charge in [0.25, 0.3) is 5.91 Å². The summed E-state index contributed by atoms with van der Waals surface area (Å²) in [4.78, 5) is 15.3. The lowest BCUT2D eigenvalue weighted by Crippen LogP contribution is -2.13. The molecule has 0 aliphatic carbocycles. The smallest absolute Gasteiger partial charge is 0.293 e. The van der Waals surface area contributed by atoms with E-state index >= 15 is 0 Å². The number of nitrogens with one attached hydrogen (secondary N) is 1. The summed E-state index contributed by atoms with van der Waals surface area (Å²) in [5.74, 6) is -0.113. The highest BCUT2D eigenvalue weighted by molar-refractivity contribution is 9.10. The van der Waals surface area contributed by atoms with Gasteiger partial charge in [-0.15, -0.1) is 5.10 Å². The second-order valence-electron chi connectivity index (χ2n) is 2.52. The molecule has 0 saturated carbocycles. The molecule has 0 radical (unpaired) electrons. The van der Waals surface area contributed by atoms with Gasteiger partial charge in [0.15, 0.2) is 10.4 Å². The van der Waals surface area contributed by atoms with Gasteiger partial charge in [-0.1, -0.05) is 0 Å². The Balaban J connectivity index is 2.11. The van der Waals surface area contributed by atoms with Gasteiger partial charge in [-0.05, 0) is 28.1 Å². The second kappa shape index (κ2) is 4.18. The standard InChI is InChI=1S/C8H5BrN4O2/c9-6-2-1-5(15-6)7(14)12-8-10-3-4-11-13-8/h1-4H,(H,10,12,13,14). The third kappa shape index (κ3) is 2.38. The fourth-order valence-corrected chi connectivity index (χ4v) is 1.21. The Morgan fingerprint density at radius 3 is 2.87 bits per heavy atom. The first-order valence-electron chi connectivity index (χ1n) is 3.96. The molecule has 0 fully saturated rings. The Labute approximate surface area is 92.9 Å². The number of rotatable bonds is 2. The zero-order chi connectivity index (χ0) is 10.7. The highest BCUT2D eigenvalue weighted by atomic mass is 79.9. The van der Waals surface area contributed by atoms with E-state index in [2.05, 4.69) is 36.4 Å². The van der Waals surface area contributed by atoms with Crippen molar-refractivity contribution in [1.29, 1.82) is 0 Å². The zero-order valence-corrected chi connectivity index (χ0v) is 8.93. The first-order chi connectivity index (χ1) is 7.25. The number of anilines is 1. The Bertz CT molecular complexity index is 471. The van der Waals surface area contributed by atoms with Crippen LogP contribution in [0.15, 0.2) is 33.6 Å². The molecule has 6 nitrogen and oxygen atoms in total. The number of carbonyl (C=O) groups is 1. The van der Waals surface area contributed by atoms with Crippen LogP contribution in [-0.4, -0.2) is 21.1 Å². The summed E-state index contributed by atoms with van der Waals surface area (Å²) in [6, 6.07) is 3.16. The fourth-order valence-electron chi connectivity index (χ4n) is 0.904. The Morgan fingerprint density at radius 2 is 2.27 bits per heavy atom. The minimum Gasteiger partial charge on any atom is -0.444 e. The van der Waals surface area contributed by atoms with Crippen molar-refractivity contribution < 1.29 is 9.21 Å². The molecule has 1 N–H and O–H groups in total. The third-order valence-electron chi connectivity index (χ3n) is 1.50. The molecule has 0 aliphatic rings. The topological polar surface area (TPSA) is 80.9 Å². The molecule has 0 saturated heterocycles. The number of hydrogen-bond acceptors (Lipinski definition) is 5. The average molecular weight is 269 g/mol. The second-order valence-corrected chi connectivity index (χ2v) is 3.31. The number of hydrogen-bond donors (Lipinski definition) is 1.